The van der Waals surface area contributed by atoms with Crippen molar-refractivity contribution in [3.05, 3.63) is 53.6 Å². The molecule has 0 radical (unpaired) electrons. The Labute approximate surface area is 128 Å². The molecule has 1 unspecified atom stereocenters. The zero-order chi connectivity index (χ0) is 15.1. The quantitative estimate of drug-likeness (QED) is 0.623. The molecule has 1 aliphatic carbocycles. The van der Waals surface area contributed by atoms with Crippen LogP contribution in [-0.2, 0) is 4.79 Å². The molecule has 1 heteroatoms. The number of carbonyl (C=O) groups is 1. The number of ketones is 1. The third-order valence-corrected chi connectivity index (χ3v) is 4.16. The number of carbonyl (C=O) groups excluding carboxylic acids is 1. The van der Waals surface area contributed by atoms with E-state index in [2.05, 4.69) is 32.1 Å². The molecule has 0 saturated heterocycles. The SMILES string of the molecule is CCCCCC/C=C1/C(c2ccccc2)=CC(=O)CC1C. The van der Waals surface area contributed by atoms with Crippen molar-refractivity contribution in [1.29, 1.82) is 0 Å². The van der Waals surface area contributed by atoms with Crippen LogP contribution in [0.15, 0.2) is 48.1 Å². The minimum atomic E-state index is 0.254. The van der Waals surface area contributed by atoms with Gasteiger partial charge < -0.3 is 0 Å². The van der Waals surface area contributed by atoms with Gasteiger partial charge in [0, 0.05) is 6.42 Å². The minimum absolute atomic E-state index is 0.254. The lowest BCUT2D eigenvalue weighted by molar-refractivity contribution is -0.115. The Kier molecular flexibility index (Phi) is 5.98. The maximum atomic E-state index is 11.9. The van der Waals surface area contributed by atoms with Crippen LogP contribution in [0, 0.1) is 5.92 Å². The molecule has 0 heterocycles. The molecule has 0 amide bonds. The molecule has 0 aliphatic heterocycles. The van der Waals surface area contributed by atoms with Crippen molar-refractivity contribution in [1.82, 2.24) is 0 Å². The van der Waals surface area contributed by atoms with Crippen LogP contribution in [0.1, 0.15) is 57.9 Å². The second-order valence-electron chi connectivity index (χ2n) is 6.00. The third-order valence-electron chi connectivity index (χ3n) is 4.16. The van der Waals surface area contributed by atoms with E-state index in [0.29, 0.717) is 12.3 Å². The van der Waals surface area contributed by atoms with Gasteiger partial charge in [0.2, 0.25) is 0 Å². The lowest BCUT2D eigenvalue weighted by Gasteiger charge is -2.23. The van der Waals surface area contributed by atoms with Gasteiger partial charge in [-0.25, -0.2) is 0 Å². The van der Waals surface area contributed by atoms with E-state index >= 15 is 0 Å². The normalized spacial score (nSPS) is 20.7. The summed E-state index contributed by atoms with van der Waals surface area (Å²) >= 11 is 0. The Hall–Kier alpha value is -1.63. The highest BCUT2D eigenvalue weighted by molar-refractivity contribution is 6.03. The van der Waals surface area contributed by atoms with Gasteiger partial charge >= 0.3 is 0 Å². The average molecular weight is 282 g/mol. The summed E-state index contributed by atoms with van der Waals surface area (Å²) in [5.41, 5.74) is 3.66. The average Bonchev–Trinajstić information content (AvgIpc) is 2.49. The Morgan fingerprint density at radius 1 is 1.14 bits per heavy atom. The molecular formula is C20H26O. The summed E-state index contributed by atoms with van der Waals surface area (Å²) in [6, 6.07) is 10.3. The molecule has 0 N–H and O–H groups in total. The van der Waals surface area contributed by atoms with Crippen LogP contribution >= 0.6 is 0 Å². The molecule has 1 nitrogen and oxygen atoms in total. The molecule has 2 rings (SSSR count). The molecule has 0 fully saturated rings. The van der Waals surface area contributed by atoms with E-state index in [-0.39, 0.29) is 5.78 Å². The monoisotopic (exact) mass is 282 g/mol. The molecule has 21 heavy (non-hydrogen) atoms. The number of benzene rings is 1. The summed E-state index contributed by atoms with van der Waals surface area (Å²) in [6.45, 7) is 4.41. The first kappa shape index (κ1) is 15.8. The summed E-state index contributed by atoms with van der Waals surface area (Å²) < 4.78 is 0. The molecule has 1 aliphatic rings. The number of hydrogen-bond acceptors (Lipinski definition) is 1. The first-order chi connectivity index (χ1) is 10.2. The fourth-order valence-electron chi connectivity index (χ4n) is 2.99. The Morgan fingerprint density at radius 2 is 1.90 bits per heavy atom. The van der Waals surface area contributed by atoms with Crippen LogP contribution < -0.4 is 0 Å². The lowest BCUT2D eigenvalue weighted by atomic mass is 9.80. The van der Waals surface area contributed by atoms with Gasteiger partial charge in [-0.1, -0.05) is 69.5 Å². The predicted octanol–water partition coefficient (Wildman–Crippen LogP) is 5.58. The van der Waals surface area contributed by atoms with Crippen LogP contribution in [0.25, 0.3) is 5.57 Å². The van der Waals surface area contributed by atoms with Crippen molar-refractivity contribution in [2.45, 2.75) is 52.4 Å². The van der Waals surface area contributed by atoms with Gasteiger partial charge in [-0.05, 0) is 41.5 Å². The molecule has 1 atom stereocenters. The summed E-state index contributed by atoms with van der Waals surface area (Å²) in [5, 5.41) is 0. The topological polar surface area (TPSA) is 17.1 Å². The molecule has 0 bridgehead atoms. The van der Waals surface area contributed by atoms with E-state index in [1.54, 1.807) is 0 Å². The van der Waals surface area contributed by atoms with Crippen LogP contribution in [0.4, 0.5) is 0 Å². The van der Waals surface area contributed by atoms with E-state index in [0.717, 1.165) is 17.6 Å². The first-order valence-corrected chi connectivity index (χ1v) is 8.22. The third kappa shape index (κ3) is 4.42. The molecule has 1 aromatic rings. The number of hydrogen-bond donors (Lipinski definition) is 0. The summed E-state index contributed by atoms with van der Waals surface area (Å²) in [4.78, 5) is 11.9. The van der Waals surface area contributed by atoms with Gasteiger partial charge in [0.25, 0.3) is 0 Å². The molecule has 1 aromatic carbocycles. The van der Waals surface area contributed by atoms with Gasteiger partial charge in [0.1, 0.15) is 0 Å². The fourth-order valence-corrected chi connectivity index (χ4v) is 2.99. The molecule has 112 valence electrons. The van der Waals surface area contributed by atoms with Crippen LogP contribution in [-0.4, -0.2) is 5.78 Å². The second-order valence-corrected chi connectivity index (χ2v) is 6.00. The highest BCUT2D eigenvalue weighted by atomic mass is 16.1. The molecular weight excluding hydrogens is 256 g/mol. The second kappa shape index (κ2) is 7.97. The van der Waals surface area contributed by atoms with Gasteiger partial charge in [-0.15, -0.1) is 0 Å². The van der Waals surface area contributed by atoms with Crippen molar-refractivity contribution in [2.75, 3.05) is 0 Å². The first-order valence-electron chi connectivity index (χ1n) is 8.22. The van der Waals surface area contributed by atoms with E-state index in [9.17, 15) is 4.79 Å². The summed E-state index contributed by atoms with van der Waals surface area (Å²) in [6.07, 6.45) is 11.1. The van der Waals surface area contributed by atoms with Gasteiger partial charge in [-0.2, -0.15) is 0 Å². The fraction of sp³-hybridized carbons (Fsp3) is 0.450. The number of unbranched alkanes of at least 4 members (excludes halogenated alkanes) is 4. The molecule has 0 aromatic heterocycles. The molecule has 0 saturated carbocycles. The van der Waals surface area contributed by atoms with Crippen LogP contribution in [0.3, 0.4) is 0 Å². The zero-order valence-corrected chi connectivity index (χ0v) is 13.3. The van der Waals surface area contributed by atoms with E-state index in [1.807, 2.05) is 24.3 Å². The maximum absolute atomic E-state index is 11.9. The van der Waals surface area contributed by atoms with Gasteiger partial charge in [0.05, 0.1) is 0 Å². The highest BCUT2D eigenvalue weighted by Crippen LogP contribution is 2.35. The van der Waals surface area contributed by atoms with Crippen molar-refractivity contribution in [3.63, 3.8) is 0 Å². The Balaban J connectivity index is 2.17. The smallest absolute Gasteiger partial charge is 0.156 e. The highest BCUT2D eigenvalue weighted by Gasteiger charge is 2.22. The minimum Gasteiger partial charge on any atom is -0.295 e. The van der Waals surface area contributed by atoms with Gasteiger partial charge in [0.15, 0.2) is 5.78 Å². The van der Waals surface area contributed by atoms with E-state index in [4.69, 9.17) is 0 Å². The van der Waals surface area contributed by atoms with Crippen LogP contribution in [0.5, 0.6) is 0 Å². The standard InChI is InChI=1S/C20H26O/c1-3-4-5-6-10-13-19-16(2)14-18(21)15-20(19)17-11-8-7-9-12-17/h7-9,11-13,15-16H,3-6,10,14H2,1-2H3/b19-13+. The summed E-state index contributed by atoms with van der Waals surface area (Å²) in [7, 11) is 0. The van der Waals surface area contributed by atoms with Crippen molar-refractivity contribution in [2.24, 2.45) is 5.92 Å². The molecule has 0 spiro atoms. The Morgan fingerprint density at radius 3 is 2.62 bits per heavy atom. The van der Waals surface area contributed by atoms with Gasteiger partial charge in [-0.3, -0.25) is 4.79 Å². The van der Waals surface area contributed by atoms with E-state index < -0.39 is 0 Å². The lowest BCUT2D eigenvalue weighted by Crippen LogP contribution is -2.14. The predicted molar refractivity (Wildman–Crippen MR) is 90.0 cm³/mol. The van der Waals surface area contributed by atoms with Crippen LogP contribution in [0.2, 0.25) is 0 Å². The largest absolute Gasteiger partial charge is 0.295 e. The summed E-state index contributed by atoms with van der Waals surface area (Å²) in [5.74, 6) is 0.591. The van der Waals surface area contributed by atoms with Crippen molar-refractivity contribution in [3.8, 4) is 0 Å². The number of rotatable bonds is 6. The van der Waals surface area contributed by atoms with Crippen molar-refractivity contribution < 1.29 is 4.79 Å². The van der Waals surface area contributed by atoms with E-state index in [1.165, 1.54) is 31.3 Å². The maximum Gasteiger partial charge on any atom is 0.156 e. The number of allylic oxidation sites excluding steroid dienone is 4. The van der Waals surface area contributed by atoms with Crippen molar-refractivity contribution >= 4 is 11.4 Å². The zero-order valence-electron chi connectivity index (χ0n) is 13.3. The Bertz CT molecular complexity index is 522.